The van der Waals surface area contributed by atoms with Gasteiger partial charge < -0.3 is 5.73 Å². The Morgan fingerprint density at radius 3 is 2.53 bits per heavy atom. The number of alkyl halides is 3. The van der Waals surface area contributed by atoms with Crippen molar-refractivity contribution in [3.63, 3.8) is 0 Å². The Balaban J connectivity index is 2.86. The van der Waals surface area contributed by atoms with Crippen LogP contribution in [0, 0.1) is 5.92 Å². The van der Waals surface area contributed by atoms with Crippen molar-refractivity contribution >= 4 is 5.78 Å². The Labute approximate surface area is 109 Å². The number of rotatable bonds is 5. The van der Waals surface area contributed by atoms with Crippen LogP contribution in [-0.2, 0) is 17.8 Å². The van der Waals surface area contributed by atoms with E-state index in [9.17, 15) is 18.0 Å². The molecule has 0 spiro atoms. The highest BCUT2D eigenvalue weighted by atomic mass is 19.4. The number of nitrogens with zero attached hydrogens (tertiary/aromatic N) is 3. The maximum absolute atomic E-state index is 12.6. The minimum Gasteiger partial charge on any atom is -0.312 e. The van der Waals surface area contributed by atoms with Gasteiger partial charge in [0.25, 0.3) is 0 Å². The van der Waals surface area contributed by atoms with Gasteiger partial charge in [0.1, 0.15) is 12.2 Å². The van der Waals surface area contributed by atoms with E-state index in [1.54, 1.807) is 0 Å². The van der Waals surface area contributed by atoms with Crippen LogP contribution in [0.1, 0.15) is 26.6 Å². The second kappa shape index (κ2) is 5.28. The number of carbonyl (C=O) groups is 1. The van der Waals surface area contributed by atoms with E-state index in [2.05, 4.69) is 10.1 Å². The van der Waals surface area contributed by atoms with Gasteiger partial charge in [-0.15, -0.1) is 0 Å². The van der Waals surface area contributed by atoms with Crippen molar-refractivity contribution in [2.45, 2.75) is 45.5 Å². The van der Waals surface area contributed by atoms with Crippen molar-refractivity contribution in [2.24, 2.45) is 11.7 Å². The number of halogens is 3. The fraction of sp³-hybridized carbons (Fsp3) is 0.727. The first-order chi connectivity index (χ1) is 8.55. The zero-order valence-electron chi connectivity index (χ0n) is 11.0. The van der Waals surface area contributed by atoms with E-state index in [4.69, 9.17) is 5.73 Å². The second-order valence-corrected chi connectivity index (χ2v) is 5.05. The molecule has 1 unspecified atom stereocenters. The van der Waals surface area contributed by atoms with E-state index in [1.807, 2.05) is 13.8 Å². The van der Waals surface area contributed by atoms with Gasteiger partial charge in [0, 0.05) is 6.54 Å². The number of hydrogen-bond donors (Lipinski definition) is 1. The molecule has 0 aliphatic carbocycles. The smallest absolute Gasteiger partial charge is 0.312 e. The number of nitrogens with two attached hydrogens (primary N) is 1. The van der Waals surface area contributed by atoms with E-state index in [1.165, 1.54) is 11.0 Å². The van der Waals surface area contributed by atoms with Crippen LogP contribution in [0.15, 0.2) is 6.33 Å². The minimum absolute atomic E-state index is 0.194. The van der Waals surface area contributed by atoms with Crippen LogP contribution in [0.25, 0.3) is 0 Å². The summed E-state index contributed by atoms with van der Waals surface area (Å²) in [5.41, 5.74) is 2.20. The number of carbonyl (C=O) groups excluding carboxylic acids is 1. The molecule has 1 rings (SSSR count). The molecule has 0 amide bonds. The molecule has 1 aromatic rings. The van der Waals surface area contributed by atoms with Crippen molar-refractivity contribution in [2.75, 3.05) is 0 Å². The number of ketones is 1. The van der Waals surface area contributed by atoms with Crippen LogP contribution < -0.4 is 5.73 Å². The molecule has 0 bridgehead atoms. The first kappa shape index (κ1) is 15.6. The Bertz CT molecular complexity index is 451. The highest BCUT2D eigenvalue weighted by molar-refractivity contribution is 5.90. The summed E-state index contributed by atoms with van der Waals surface area (Å²) >= 11 is 0. The summed E-state index contributed by atoms with van der Waals surface area (Å²) in [6.07, 6.45) is -4.06. The molecular formula is C11H17F3N4O. The molecule has 5 nitrogen and oxygen atoms in total. The number of Topliss-reactive ketones (excluding diaryl/α,β-unsaturated/α-hetero) is 1. The van der Waals surface area contributed by atoms with Crippen molar-refractivity contribution in [3.8, 4) is 0 Å². The van der Waals surface area contributed by atoms with Gasteiger partial charge in [0.05, 0.1) is 6.42 Å². The SMILES string of the molecule is CC(C)Cn1ncnc1CC(=O)C(C)(N)C(F)(F)F. The van der Waals surface area contributed by atoms with Crippen molar-refractivity contribution < 1.29 is 18.0 Å². The first-order valence-electron chi connectivity index (χ1n) is 5.81. The first-order valence-corrected chi connectivity index (χ1v) is 5.81. The summed E-state index contributed by atoms with van der Waals surface area (Å²) in [5, 5.41) is 3.88. The fourth-order valence-electron chi connectivity index (χ4n) is 1.41. The van der Waals surface area contributed by atoms with Crippen molar-refractivity contribution in [3.05, 3.63) is 12.2 Å². The maximum Gasteiger partial charge on any atom is 0.413 e. The van der Waals surface area contributed by atoms with Gasteiger partial charge in [-0.3, -0.25) is 4.79 Å². The average Bonchev–Trinajstić information content (AvgIpc) is 2.63. The predicted molar refractivity (Wildman–Crippen MR) is 62.2 cm³/mol. The lowest BCUT2D eigenvalue weighted by Crippen LogP contribution is -2.57. The molecule has 0 fully saturated rings. The molecule has 2 N–H and O–H groups in total. The molecule has 0 aromatic carbocycles. The summed E-state index contributed by atoms with van der Waals surface area (Å²) in [4.78, 5) is 15.5. The molecule has 8 heteroatoms. The van der Waals surface area contributed by atoms with Crippen LogP contribution in [0.2, 0.25) is 0 Å². The van der Waals surface area contributed by atoms with Crippen LogP contribution in [0.4, 0.5) is 13.2 Å². The van der Waals surface area contributed by atoms with Crippen molar-refractivity contribution in [1.29, 1.82) is 0 Å². The summed E-state index contributed by atoms with van der Waals surface area (Å²) in [5.74, 6) is -0.694. The average molecular weight is 278 g/mol. The van der Waals surface area contributed by atoms with E-state index >= 15 is 0 Å². The molecule has 1 heterocycles. The molecular weight excluding hydrogens is 261 g/mol. The van der Waals surface area contributed by atoms with E-state index in [0.717, 1.165) is 0 Å². The van der Waals surface area contributed by atoms with Gasteiger partial charge in [-0.1, -0.05) is 13.8 Å². The molecule has 19 heavy (non-hydrogen) atoms. The summed E-state index contributed by atoms with van der Waals surface area (Å²) in [6, 6.07) is 0. The maximum atomic E-state index is 12.6. The predicted octanol–water partition coefficient (Wildman–Crippen LogP) is 1.33. The topological polar surface area (TPSA) is 73.8 Å². The summed E-state index contributed by atoms with van der Waals surface area (Å²) in [7, 11) is 0. The molecule has 0 aliphatic rings. The van der Waals surface area contributed by atoms with Gasteiger partial charge in [0.2, 0.25) is 0 Å². The Kier molecular flexibility index (Phi) is 4.34. The molecule has 0 aliphatic heterocycles. The summed E-state index contributed by atoms with van der Waals surface area (Å²) < 4.78 is 39.3. The summed E-state index contributed by atoms with van der Waals surface area (Å²) in [6.45, 7) is 5.00. The molecule has 0 saturated carbocycles. The van der Waals surface area contributed by atoms with Crippen LogP contribution >= 0.6 is 0 Å². The Hall–Kier alpha value is -1.44. The Morgan fingerprint density at radius 2 is 2.05 bits per heavy atom. The van der Waals surface area contributed by atoms with Crippen molar-refractivity contribution in [1.82, 2.24) is 14.8 Å². The third kappa shape index (κ3) is 3.52. The zero-order chi connectivity index (χ0) is 14.8. The fourth-order valence-corrected chi connectivity index (χ4v) is 1.41. The van der Waals surface area contributed by atoms with E-state index in [0.29, 0.717) is 13.5 Å². The van der Waals surface area contributed by atoms with Gasteiger partial charge in [0.15, 0.2) is 11.3 Å². The monoisotopic (exact) mass is 278 g/mol. The van der Waals surface area contributed by atoms with Gasteiger partial charge >= 0.3 is 6.18 Å². The lowest BCUT2D eigenvalue weighted by atomic mass is 9.94. The quantitative estimate of drug-likeness (QED) is 0.881. The van der Waals surface area contributed by atoms with Gasteiger partial charge in [-0.05, 0) is 12.8 Å². The highest BCUT2D eigenvalue weighted by Crippen LogP contribution is 2.29. The minimum atomic E-state index is -4.78. The normalized spacial score (nSPS) is 15.6. The third-order valence-electron chi connectivity index (χ3n) is 2.72. The molecule has 1 aromatic heterocycles. The molecule has 0 saturated heterocycles. The molecule has 0 radical (unpaired) electrons. The lowest BCUT2D eigenvalue weighted by molar-refractivity contribution is -0.185. The Morgan fingerprint density at radius 1 is 1.47 bits per heavy atom. The lowest BCUT2D eigenvalue weighted by Gasteiger charge is -2.25. The van der Waals surface area contributed by atoms with Gasteiger partial charge in [-0.2, -0.15) is 18.3 Å². The molecule has 108 valence electrons. The van der Waals surface area contributed by atoms with Crippen LogP contribution in [0.5, 0.6) is 0 Å². The van der Waals surface area contributed by atoms with Crippen LogP contribution in [0.3, 0.4) is 0 Å². The second-order valence-electron chi connectivity index (χ2n) is 5.05. The van der Waals surface area contributed by atoms with E-state index < -0.39 is 23.9 Å². The number of hydrogen-bond acceptors (Lipinski definition) is 4. The van der Waals surface area contributed by atoms with E-state index in [-0.39, 0.29) is 11.7 Å². The largest absolute Gasteiger partial charge is 0.413 e. The highest BCUT2D eigenvalue weighted by Gasteiger charge is 2.53. The number of aromatic nitrogens is 3. The van der Waals surface area contributed by atoms with Crippen LogP contribution in [-0.4, -0.2) is 32.3 Å². The zero-order valence-corrected chi connectivity index (χ0v) is 11.0. The molecule has 1 atom stereocenters. The standard InChI is InChI=1S/C11H17F3N4O/c1-7(2)5-18-9(16-6-17-18)4-8(19)10(3,15)11(12,13)14/h6-7H,4-5,15H2,1-3H3. The van der Waals surface area contributed by atoms with Gasteiger partial charge in [-0.25, -0.2) is 9.67 Å². The third-order valence-corrected chi connectivity index (χ3v) is 2.72.